The van der Waals surface area contributed by atoms with Crippen LogP contribution in [-0.2, 0) is 0 Å². The number of phenolic OH excluding ortho intramolecular Hbond substituents is 1. The lowest BCUT2D eigenvalue weighted by atomic mass is 10.2. The Balaban J connectivity index is 2.17. The number of phenols is 1. The standard InChI is InChI=1S/C17H12O6/c1-21-15-14(23-16(19)10-6-3-2-4-7-10)11-8-5-9-12(18)13(11)22-17(15)20/h2-9,18H,1H3. The van der Waals surface area contributed by atoms with E-state index in [1.807, 2.05) is 0 Å². The number of hydrogen-bond donors (Lipinski definition) is 1. The summed E-state index contributed by atoms with van der Waals surface area (Å²) < 4.78 is 15.4. The normalized spacial score (nSPS) is 10.5. The largest absolute Gasteiger partial charge is 0.504 e. The van der Waals surface area contributed by atoms with Crippen LogP contribution in [0.3, 0.4) is 0 Å². The number of esters is 1. The molecule has 6 nitrogen and oxygen atoms in total. The topological polar surface area (TPSA) is 86.0 Å². The molecule has 23 heavy (non-hydrogen) atoms. The van der Waals surface area contributed by atoms with Gasteiger partial charge in [-0.15, -0.1) is 0 Å². The first-order valence-electron chi connectivity index (χ1n) is 6.72. The number of para-hydroxylation sites is 1. The molecule has 0 spiro atoms. The van der Waals surface area contributed by atoms with E-state index in [1.165, 1.54) is 19.2 Å². The first-order valence-corrected chi connectivity index (χ1v) is 6.72. The summed E-state index contributed by atoms with van der Waals surface area (Å²) in [6.45, 7) is 0. The van der Waals surface area contributed by atoms with Crippen molar-refractivity contribution in [1.29, 1.82) is 0 Å². The molecule has 0 fully saturated rings. The highest BCUT2D eigenvalue weighted by Crippen LogP contribution is 2.36. The average Bonchev–Trinajstić information content (AvgIpc) is 2.57. The number of benzene rings is 2. The van der Waals surface area contributed by atoms with Crippen LogP contribution >= 0.6 is 0 Å². The van der Waals surface area contributed by atoms with Gasteiger partial charge >= 0.3 is 11.6 Å². The van der Waals surface area contributed by atoms with E-state index in [0.29, 0.717) is 5.56 Å². The molecule has 0 saturated carbocycles. The Morgan fingerprint density at radius 1 is 1.04 bits per heavy atom. The predicted molar refractivity (Wildman–Crippen MR) is 82.1 cm³/mol. The van der Waals surface area contributed by atoms with E-state index in [0.717, 1.165) is 0 Å². The fourth-order valence-electron chi connectivity index (χ4n) is 2.17. The summed E-state index contributed by atoms with van der Waals surface area (Å²) in [5.74, 6) is -1.23. The van der Waals surface area contributed by atoms with Crippen LogP contribution < -0.4 is 15.1 Å². The van der Waals surface area contributed by atoms with Gasteiger partial charge in [-0.25, -0.2) is 9.59 Å². The molecule has 0 aliphatic carbocycles. The number of carbonyl (C=O) groups excluding carboxylic acids is 1. The number of carbonyl (C=O) groups is 1. The highest BCUT2D eigenvalue weighted by atomic mass is 16.6. The maximum atomic E-state index is 12.2. The van der Waals surface area contributed by atoms with Crippen molar-refractivity contribution in [3.8, 4) is 17.2 Å². The van der Waals surface area contributed by atoms with Gasteiger partial charge in [-0.1, -0.05) is 24.3 Å². The molecule has 2 aromatic carbocycles. The minimum absolute atomic E-state index is 0.0749. The van der Waals surface area contributed by atoms with Crippen molar-refractivity contribution in [2.24, 2.45) is 0 Å². The smallest absolute Gasteiger partial charge is 0.383 e. The maximum Gasteiger partial charge on any atom is 0.383 e. The fourth-order valence-corrected chi connectivity index (χ4v) is 2.17. The maximum absolute atomic E-state index is 12.2. The van der Waals surface area contributed by atoms with E-state index in [9.17, 15) is 14.7 Å². The van der Waals surface area contributed by atoms with Crippen LogP contribution in [0.5, 0.6) is 17.2 Å². The highest BCUT2D eigenvalue weighted by molar-refractivity contribution is 5.96. The first kappa shape index (κ1) is 14.6. The van der Waals surface area contributed by atoms with E-state index >= 15 is 0 Å². The Morgan fingerprint density at radius 3 is 2.48 bits per heavy atom. The predicted octanol–water partition coefficient (Wildman–Crippen LogP) is 2.73. The number of rotatable bonds is 3. The fraction of sp³-hybridized carbons (Fsp3) is 0.0588. The molecule has 0 atom stereocenters. The average molecular weight is 312 g/mol. The summed E-state index contributed by atoms with van der Waals surface area (Å²) in [5.41, 5.74) is -0.609. The second-order valence-corrected chi connectivity index (χ2v) is 4.66. The van der Waals surface area contributed by atoms with Crippen LogP contribution in [0, 0.1) is 0 Å². The second kappa shape index (κ2) is 5.84. The zero-order chi connectivity index (χ0) is 16.4. The molecule has 0 amide bonds. The van der Waals surface area contributed by atoms with Crippen molar-refractivity contribution < 1.29 is 23.8 Å². The van der Waals surface area contributed by atoms with Gasteiger partial charge in [0.2, 0.25) is 5.75 Å². The molecular weight excluding hydrogens is 300 g/mol. The summed E-state index contributed by atoms with van der Waals surface area (Å²) in [6, 6.07) is 12.8. The van der Waals surface area contributed by atoms with Crippen LogP contribution in [0.1, 0.15) is 10.4 Å². The zero-order valence-corrected chi connectivity index (χ0v) is 12.1. The SMILES string of the molecule is COc1c(OC(=O)c2ccccc2)c2cccc(O)c2oc1=O. The number of fused-ring (bicyclic) bond motifs is 1. The zero-order valence-electron chi connectivity index (χ0n) is 12.1. The third kappa shape index (κ3) is 2.62. The summed E-state index contributed by atoms with van der Waals surface area (Å²) >= 11 is 0. The molecule has 1 N–H and O–H groups in total. The highest BCUT2D eigenvalue weighted by Gasteiger charge is 2.21. The van der Waals surface area contributed by atoms with Crippen LogP contribution in [0.15, 0.2) is 57.7 Å². The number of aromatic hydroxyl groups is 1. The molecule has 1 aromatic heterocycles. The molecule has 0 saturated heterocycles. The number of methoxy groups -OCH3 is 1. The lowest BCUT2D eigenvalue weighted by Crippen LogP contribution is -2.13. The molecule has 116 valence electrons. The van der Waals surface area contributed by atoms with Gasteiger partial charge < -0.3 is 19.0 Å². The van der Waals surface area contributed by atoms with Crippen LogP contribution in [0.25, 0.3) is 11.0 Å². The van der Waals surface area contributed by atoms with Gasteiger partial charge in [0, 0.05) is 0 Å². The molecule has 3 rings (SSSR count). The van der Waals surface area contributed by atoms with E-state index in [1.54, 1.807) is 36.4 Å². The Labute approximate surface area is 130 Å². The van der Waals surface area contributed by atoms with Gasteiger partial charge in [0.1, 0.15) is 0 Å². The Bertz CT molecular complexity index is 927. The van der Waals surface area contributed by atoms with E-state index < -0.39 is 11.6 Å². The third-order valence-electron chi connectivity index (χ3n) is 3.23. The Hall–Kier alpha value is -3.28. The molecule has 1 heterocycles. The van der Waals surface area contributed by atoms with Crippen molar-refractivity contribution in [2.75, 3.05) is 7.11 Å². The Morgan fingerprint density at radius 2 is 1.78 bits per heavy atom. The number of ether oxygens (including phenoxy) is 2. The minimum Gasteiger partial charge on any atom is -0.504 e. The van der Waals surface area contributed by atoms with E-state index in [-0.39, 0.29) is 28.2 Å². The summed E-state index contributed by atoms with van der Waals surface area (Å²) in [7, 11) is 1.26. The Kier molecular flexibility index (Phi) is 3.72. The van der Waals surface area contributed by atoms with Gasteiger partial charge in [0.15, 0.2) is 17.1 Å². The molecule has 6 heteroatoms. The molecule has 0 bridgehead atoms. The van der Waals surface area contributed by atoms with Crippen molar-refractivity contribution >= 4 is 16.9 Å². The van der Waals surface area contributed by atoms with Gasteiger partial charge in [-0.05, 0) is 24.3 Å². The van der Waals surface area contributed by atoms with Crippen LogP contribution in [-0.4, -0.2) is 18.2 Å². The van der Waals surface area contributed by atoms with Crippen LogP contribution in [0.2, 0.25) is 0 Å². The molecule has 0 aliphatic heterocycles. The second-order valence-electron chi connectivity index (χ2n) is 4.66. The van der Waals surface area contributed by atoms with Gasteiger partial charge in [0.05, 0.1) is 18.1 Å². The van der Waals surface area contributed by atoms with E-state index in [2.05, 4.69) is 0 Å². The van der Waals surface area contributed by atoms with E-state index in [4.69, 9.17) is 13.9 Å². The molecule has 3 aromatic rings. The molecule has 0 unspecified atom stereocenters. The summed E-state index contributed by atoms with van der Waals surface area (Å²) in [5, 5.41) is 10.1. The van der Waals surface area contributed by atoms with Gasteiger partial charge in [-0.3, -0.25) is 0 Å². The molecule has 0 aliphatic rings. The summed E-state index contributed by atoms with van der Waals surface area (Å²) in [4.78, 5) is 24.2. The summed E-state index contributed by atoms with van der Waals surface area (Å²) in [6.07, 6.45) is 0. The van der Waals surface area contributed by atoms with Gasteiger partial charge in [0.25, 0.3) is 0 Å². The number of hydrogen-bond acceptors (Lipinski definition) is 6. The van der Waals surface area contributed by atoms with Gasteiger partial charge in [-0.2, -0.15) is 0 Å². The van der Waals surface area contributed by atoms with Crippen molar-refractivity contribution in [2.45, 2.75) is 0 Å². The van der Waals surface area contributed by atoms with Crippen molar-refractivity contribution in [1.82, 2.24) is 0 Å². The quantitative estimate of drug-likeness (QED) is 0.591. The molecular formula is C17H12O6. The lowest BCUT2D eigenvalue weighted by molar-refractivity contribution is 0.0731. The van der Waals surface area contributed by atoms with Crippen LogP contribution in [0.4, 0.5) is 0 Å². The third-order valence-corrected chi connectivity index (χ3v) is 3.23. The monoisotopic (exact) mass is 312 g/mol. The minimum atomic E-state index is -0.850. The van der Waals surface area contributed by atoms with Crippen molar-refractivity contribution in [3.05, 3.63) is 64.5 Å². The molecule has 0 radical (unpaired) electrons. The first-order chi connectivity index (χ1) is 11.1. The lowest BCUT2D eigenvalue weighted by Gasteiger charge is -2.11. The van der Waals surface area contributed by atoms with Crippen molar-refractivity contribution in [3.63, 3.8) is 0 Å².